The van der Waals surface area contributed by atoms with Crippen molar-refractivity contribution in [2.24, 2.45) is 11.3 Å². The van der Waals surface area contributed by atoms with Crippen molar-refractivity contribution in [2.75, 3.05) is 0 Å². The van der Waals surface area contributed by atoms with E-state index >= 15 is 0 Å². The van der Waals surface area contributed by atoms with Gasteiger partial charge in [0.1, 0.15) is 0 Å². The third-order valence-corrected chi connectivity index (χ3v) is 4.69. The van der Waals surface area contributed by atoms with E-state index in [2.05, 4.69) is 36.7 Å². The number of hydrogen-bond acceptors (Lipinski definition) is 0. The van der Waals surface area contributed by atoms with Crippen molar-refractivity contribution in [3.05, 3.63) is 0 Å². The largest absolute Gasteiger partial charge is 0.0887 e. The molecule has 0 amide bonds. The van der Waals surface area contributed by atoms with Crippen molar-refractivity contribution in [3.63, 3.8) is 0 Å². The molecule has 1 saturated carbocycles. The quantitative estimate of drug-likeness (QED) is 0.630. The molecule has 0 aromatic carbocycles. The number of halogens is 1. The molecule has 0 N–H and O–H groups in total. The minimum absolute atomic E-state index is 0.571. The van der Waals surface area contributed by atoms with Gasteiger partial charge in [-0.1, -0.05) is 56.0 Å². The number of rotatable bonds is 3. The van der Waals surface area contributed by atoms with E-state index < -0.39 is 0 Å². The van der Waals surface area contributed by atoms with Crippen LogP contribution in [0.5, 0.6) is 0 Å². The molecular weight excluding hydrogens is 224 g/mol. The maximum absolute atomic E-state index is 3.88. The molecule has 1 aliphatic rings. The topological polar surface area (TPSA) is 0 Å². The average molecular weight is 247 g/mol. The van der Waals surface area contributed by atoms with Crippen LogP contribution in [0.25, 0.3) is 0 Å². The lowest BCUT2D eigenvalue weighted by atomic mass is 9.67. The number of alkyl halides is 1. The highest BCUT2D eigenvalue weighted by molar-refractivity contribution is 9.09. The molecule has 0 spiro atoms. The smallest absolute Gasteiger partial charge is 0.0179 e. The second kappa shape index (κ2) is 4.82. The predicted octanol–water partition coefficient (Wildman–Crippen LogP) is 4.77. The molecular formula is C12H23Br. The molecule has 78 valence electrons. The first-order chi connectivity index (χ1) is 6.08. The average Bonchev–Trinajstić information content (AvgIpc) is 2.03. The molecule has 0 saturated heterocycles. The van der Waals surface area contributed by atoms with Gasteiger partial charge < -0.3 is 0 Å². The van der Waals surface area contributed by atoms with E-state index in [1.54, 1.807) is 0 Å². The Morgan fingerprint density at radius 2 is 2.08 bits per heavy atom. The summed E-state index contributed by atoms with van der Waals surface area (Å²) in [4.78, 5) is 0.757. The van der Waals surface area contributed by atoms with Gasteiger partial charge in [0, 0.05) is 4.83 Å². The maximum Gasteiger partial charge on any atom is 0.0179 e. The van der Waals surface area contributed by atoms with Crippen LogP contribution in [-0.2, 0) is 0 Å². The summed E-state index contributed by atoms with van der Waals surface area (Å²) >= 11 is 3.88. The Balaban J connectivity index is 2.54. The first-order valence-electron chi connectivity index (χ1n) is 5.72. The Hall–Kier alpha value is 0.480. The SMILES string of the molecule is CCCC(Br)C1CCCCC1(C)C. The molecule has 0 aromatic heterocycles. The molecule has 1 aliphatic carbocycles. The van der Waals surface area contributed by atoms with E-state index in [9.17, 15) is 0 Å². The minimum atomic E-state index is 0.571. The van der Waals surface area contributed by atoms with Crippen LogP contribution in [0.15, 0.2) is 0 Å². The summed E-state index contributed by atoms with van der Waals surface area (Å²) in [6, 6.07) is 0. The molecule has 0 heterocycles. The van der Waals surface area contributed by atoms with E-state index in [4.69, 9.17) is 0 Å². The fourth-order valence-electron chi connectivity index (χ4n) is 2.67. The first-order valence-corrected chi connectivity index (χ1v) is 6.63. The summed E-state index contributed by atoms with van der Waals surface area (Å²) in [7, 11) is 0. The van der Waals surface area contributed by atoms with Crippen LogP contribution in [0.1, 0.15) is 59.3 Å². The second-order valence-electron chi connectivity index (χ2n) is 5.15. The van der Waals surface area contributed by atoms with Gasteiger partial charge in [-0.15, -0.1) is 0 Å². The van der Waals surface area contributed by atoms with Gasteiger partial charge in [-0.2, -0.15) is 0 Å². The van der Waals surface area contributed by atoms with E-state index in [0.717, 1.165) is 10.7 Å². The minimum Gasteiger partial charge on any atom is -0.0887 e. The maximum atomic E-state index is 3.88. The predicted molar refractivity (Wildman–Crippen MR) is 63.4 cm³/mol. The lowest BCUT2D eigenvalue weighted by molar-refractivity contribution is 0.134. The lowest BCUT2D eigenvalue weighted by Crippen LogP contribution is -2.34. The van der Waals surface area contributed by atoms with Gasteiger partial charge in [-0.25, -0.2) is 0 Å². The molecule has 1 rings (SSSR count). The van der Waals surface area contributed by atoms with Crippen LogP contribution in [0, 0.1) is 11.3 Å². The van der Waals surface area contributed by atoms with Crippen LogP contribution in [0.4, 0.5) is 0 Å². The van der Waals surface area contributed by atoms with Crippen LogP contribution in [0.2, 0.25) is 0 Å². The Morgan fingerprint density at radius 3 is 2.62 bits per heavy atom. The zero-order chi connectivity index (χ0) is 9.90. The fourth-order valence-corrected chi connectivity index (χ4v) is 4.11. The summed E-state index contributed by atoms with van der Waals surface area (Å²) < 4.78 is 0. The van der Waals surface area contributed by atoms with Crippen LogP contribution in [0.3, 0.4) is 0 Å². The van der Waals surface area contributed by atoms with E-state index in [0.29, 0.717) is 5.41 Å². The van der Waals surface area contributed by atoms with E-state index in [1.165, 1.54) is 38.5 Å². The second-order valence-corrected chi connectivity index (χ2v) is 6.32. The molecule has 0 nitrogen and oxygen atoms in total. The third-order valence-electron chi connectivity index (χ3n) is 3.59. The standard InChI is InChI=1S/C12H23Br/c1-4-7-11(13)10-8-5-6-9-12(10,2)3/h10-11H,4-9H2,1-3H3. The van der Waals surface area contributed by atoms with Gasteiger partial charge >= 0.3 is 0 Å². The van der Waals surface area contributed by atoms with Gasteiger partial charge in [0.25, 0.3) is 0 Å². The Labute approximate surface area is 91.6 Å². The summed E-state index contributed by atoms with van der Waals surface area (Å²) in [5.74, 6) is 0.904. The van der Waals surface area contributed by atoms with Gasteiger partial charge in [0.15, 0.2) is 0 Å². The zero-order valence-electron chi connectivity index (χ0n) is 9.28. The molecule has 0 bridgehead atoms. The van der Waals surface area contributed by atoms with Crippen LogP contribution in [-0.4, -0.2) is 4.83 Å². The van der Waals surface area contributed by atoms with Gasteiger partial charge in [0.2, 0.25) is 0 Å². The molecule has 0 aliphatic heterocycles. The fraction of sp³-hybridized carbons (Fsp3) is 1.00. The monoisotopic (exact) mass is 246 g/mol. The van der Waals surface area contributed by atoms with Gasteiger partial charge in [-0.05, 0) is 30.6 Å². The third kappa shape index (κ3) is 2.97. The molecule has 2 unspecified atom stereocenters. The van der Waals surface area contributed by atoms with E-state index in [1.807, 2.05) is 0 Å². The van der Waals surface area contributed by atoms with E-state index in [-0.39, 0.29) is 0 Å². The lowest BCUT2D eigenvalue weighted by Gasteiger charge is -2.41. The number of hydrogen-bond donors (Lipinski definition) is 0. The highest BCUT2D eigenvalue weighted by atomic mass is 79.9. The summed E-state index contributed by atoms with van der Waals surface area (Å²) in [6.07, 6.45) is 8.39. The van der Waals surface area contributed by atoms with Gasteiger partial charge in [0.05, 0.1) is 0 Å². The van der Waals surface area contributed by atoms with Crippen LogP contribution < -0.4 is 0 Å². The van der Waals surface area contributed by atoms with Crippen molar-refractivity contribution >= 4 is 15.9 Å². The summed E-state index contributed by atoms with van der Waals surface area (Å²) in [5, 5.41) is 0. The zero-order valence-corrected chi connectivity index (χ0v) is 10.9. The Kier molecular flexibility index (Phi) is 4.28. The summed E-state index contributed by atoms with van der Waals surface area (Å²) in [5.41, 5.74) is 0.571. The normalized spacial score (nSPS) is 30.0. The highest BCUT2D eigenvalue weighted by Crippen LogP contribution is 2.45. The van der Waals surface area contributed by atoms with Crippen molar-refractivity contribution in [2.45, 2.75) is 64.1 Å². The van der Waals surface area contributed by atoms with Crippen LogP contribution >= 0.6 is 15.9 Å². The summed E-state index contributed by atoms with van der Waals surface area (Å²) in [6.45, 7) is 7.17. The molecule has 1 fully saturated rings. The molecule has 0 radical (unpaired) electrons. The Bertz CT molecular complexity index is 151. The molecule has 2 atom stereocenters. The molecule has 13 heavy (non-hydrogen) atoms. The van der Waals surface area contributed by atoms with Crippen molar-refractivity contribution < 1.29 is 0 Å². The van der Waals surface area contributed by atoms with Crippen molar-refractivity contribution in [3.8, 4) is 0 Å². The van der Waals surface area contributed by atoms with Crippen molar-refractivity contribution in [1.29, 1.82) is 0 Å². The van der Waals surface area contributed by atoms with Gasteiger partial charge in [-0.3, -0.25) is 0 Å². The van der Waals surface area contributed by atoms with Crippen molar-refractivity contribution in [1.82, 2.24) is 0 Å². The first kappa shape index (κ1) is 11.6. The highest BCUT2D eigenvalue weighted by Gasteiger charge is 2.35. The molecule has 1 heteroatoms. The Morgan fingerprint density at radius 1 is 1.38 bits per heavy atom. The molecule has 0 aromatic rings.